The van der Waals surface area contributed by atoms with Crippen molar-refractivity contribution in [3.63, 3.8) is 0 Å². The van der Waals surface area contributed by atoms with E-state index in [1.807, 2.05) is 18.2 Å². The van der Waals surface area contributed by atoms with Gasteiger partial charge in [0.25, 0.3) is 0 Å². The molecule has 20 heavy (non-hydrogen) atoms. The summed E-state index contributed by atoms with van der Waals surface area (Å²) >= 11 is 0. The van der Waals surface area contributed by atoms with Gasteiger partial charge < -0.3 is 15.0 Å². The van der Waals surface area contributed by atoms with E-state index in [-0.39, 0.29) is 5.91 Å². The molecule has 106 valence electrons. The molecule has 0 unspecified atom stereocenters. The van der Waals surface area contributed by atoms with E-state index >= 15 is 0 Å². The molecule has 2 aromatic carbocycles. The molecule has 2 rings (SSSR count). The maximum atomic E-state index is 11.5. The summed E-state index contributed by atoms with van der Waals surface area (Å²) in [6, 6.07) is 12.3. The lowest BCUT2D eigenvalue weighted by atomic mass is 10.1. The highest BCUT2D eigenvalue weighted by molar-refractivity contribution is 5.84. The molecule has 0 aliphatic rings. The molecular formula is C16H20N2O2. The Morgan fingerprint density at radius 3 is 2.55 bits per heavy atom. The van der Waals surface area contributed by atoms with Crippen LogP contribution in [-0.4, -0.2) is 38.6 Å². The average Bonchev–Trinajstić information content (AvgIpc) is 2.46. The summed E-state index contributed by atoms with van der Waals surface area (Å²) < 4.78 is 5.21. The standard InChI is InChI=1S/C16H20N2O2/c1-18(2)16(19)11-17-10-12-4-5-14-9-15(20-3)7-6-13(14)8-12/h4-9,17H,10-11H2,1-3H3. The number of carbonyl (C=O) groups excluding carboxylic acids is 1. The molecule has 0 radical (unpaired) electrons. The molecule has 0 aliphatic heterocycles. The second-order valence-electron chi connectivity index (χ2n) is 4.94. The maximum Gasteiger partial charge on any atom is 0.236 e. The smallest absolute Gasteiger partial charge is 0.236 e. The van der Waals surface area contributed by atoms with Gasteiger partial charge >= 0.3 is 0 Å². The number of rotatable bonds is 5. The molecule has 1 N–H and O–H groups in total. The Hall–Kier alpha value is -2.07. The molecule has 4 heteroatoms. The molecule has 0 fully saturated rings. The molecule has 0 atom stereocenters. The van der Waals surface area contributed by atoms with Crippen molar-refractivity contribution in [3.8, 4) is 5.75 Å². The van der Waals surface area contributed by atoms with Crippen LogP contribution in [0.15, 0.2) is 36.4 Å². The second-order valence-corrected chi connectivity index (χ2v) is 4.94. The third kappa shape index (κ3) is 3.48. The van der Waals surface area contributed by atoms with E-state index in [1.165, 1.54) is 5.39 Å². The minimum atomic E-state index is 0.0792. The molecule has 0 heterocycles. The Kier molecular flexibility index (Phi) is 4.58. The van der Waals surface area contributed by atoms with Gasteiger partial charge in [0, 0.05) is 20.6 Å². The van der Waals surface area contributed by atoms with E-state index in [9.17, 15) is 4.79 Å². The maximum absolute atomic E-state index is 11.5. The number of nitrogens with zero attached hydrogens (tertiary/aromatic N) is 1. The zero-order chi connectivity index (χ0) is 14.5. The van der Waals surface area contributed by atoms with Crippen LogP contribution in [0, 0.1) is 0 Å². The topological polar surface area (TPSA) is 41.6 Å². The van der Waals surface area contributed by atoms with Crippen molar-refractivity contribution in [3.05, 3.63) is 42.0 Å². The Labute approximate surface area is 119 Å². The van der Waals surface area contributed by atoms with Gasteiger partial charge in [0.2, 0.25) is 5.91 Å². The number of hydrogen-bond acceptors (Lipinski definition) is 3. The molecule has 0 saturated heterocycles. The van der Waals surface area contributed by atoms with Gasteiger partial charge in [0.05, 0.1) is 13.7 Å². The Bertz CT molecular complexity index is 608. The van der Waals surface area contributed by atoms with Crippen LogP contribution in [0.25, 0.3) is 10.8 Å². The van der Waals surface area contributed by atoms with E-state index in [1.54, 1.807) is 26.1 Å². The van der Waals surface area contributed by atoms with Gasteiger partial charge in [0.1, 0.15) is 5.75 Å². The normalized spacial score (nSPS) is 10.6. The first-order valence-corrected chi connectivity index (χ1v) is 6.57. The quantitative estimate of drug-likeness (QED) is 0.905. The molecule has 2 aromatic rings. The summed E-state index contributed by atoms with van der Waals surface area (Å²) in [6.07, 6.45) is 0. The van der Waals surface area contributed by atoms with Crippen molar-refractivity contribution < 1.29 is 9.53 Å². The minimum absolute atomic E-state index is 0.0792. The van der Waals surface area contributed by atoms with Gasteiger partial charge in [-0.3, -0.25) is 4.79 Å². The summed E-state index contributed by atoms with van der Waals surface area (Å²) in [6.45, 7) is 1.04. The number of likely N-dealkylation sites (N-methyl/N-ethyl adjacent to an activating group) is 1. The zero-order valence-corrected chi connectivity index (χ0v) is 12.1. The molecule has 1 amide bonds. The van der Waals surface area contributed by atoms with Gasteiger partial charge in [-0.25, -0.2) is 0 Å². The number of hydrogen-bond donors (Lipinski definition) is 1. The van der Waals surface area contributed by atoms with Crippen LogP contribution in [-0.2, 0) is 11.3 Å². The fraction of sp³-hybridized carbons (Fsp3) is 0.312. The van der Waals surface area contributed by atoms with Crippen molar-refractivity contribution in [1.82, 2.24) is 10.2 Å². The number of benzene rings is 2. The Balaban J connectivity index is 2.03. The molecule has 0 saturated carbocycles. The van der Waals surface area contributed by atoms with Crippen LogP contribution in [0.5, 0.6) is 5.75 Å². The van der Waals surface area contributed by atoms with Crippen LogP contribution in [0.1, 0.15) is 5.56 Å². The summed E-state index contributed by atoms with van der Waals surface area (Å²) in [5, 5.41) is 5.47. The number of methoxy groups -OCH3 is 1. The molecular weight excluding hydrogens is 252 g/mol. The zero-order valence-electron chi connectivity index (χ0n) is 12.1. The third-order valence-electron chi connectivity index (χ3n) is 3.22. The third-order valence-corrected chi connectivity index (χ3v) is 3.22. The molecule has 4 nitrogen and oxygen atoms in total. The van der Waals surface area contributed by atoms with Gasteiger partial charge in [0.15, 0.2) is 0 Å². The van der Waals surface area contributed by atoms with Crippen molar-refractivity contribution in [2.45, 2.75) is 6.54 Å². The van der Waals surface area contributed by atoms with E-state index in [4.69, 9.17) is 4.74 Å². The van der Waals surface area contributed by atoms with Crippen molar-refractivity contribution in [2.24, 2.45) is 0 Å². The monoisotopic (exact) mass is 272 g/mol. The molecule has 0 aromatic heterocycles. The van der Waals surface area contributed by atoms with Crippen LogP contribution >= 0.6 is 0 Å². The van der Waals surface area contributed by atoms with E-state index in [0.29, 0.717) is 13.1 Å². The van der Waals surface area contributed by atoms with Gasteiger partial charge in [-0.05, 0) is 34.5 Å². The highest BCUT2D eigenvalue weighted by Gasteiger charge is 2.03. The first-order chi connectivity index (χ1) is 9.60. The Morgan fingerprint density at radius 1 is 1.15 bits per heavy atom. The predicted molar refractivity (Wildman–Crippen MR) is 80.9 cm³/mol. The Morgan fingerprint density at radius 2 is 1.85 bits per heavy atom. The lowest BCUT2D eigenvalue weighted by Crippen LogP contribution is -2.32. The minimum Gasteiger partial charge on any atom is -0.497 e. The van der Waals surface area contributed by atoms with Crippen molar-refractivity contribution in [2.75, 3.05) is 27.7 Å². The summed E-state index contributed by atoms with van der Waals surface area (Å²) in [5.74, 6) is 0.940. The van der Waals surface area contributed by atoms with E-state index in [2.05, 4.69) is 23.5 Å². The number of carbonyl (C=O) groups is 1. The van der Waals surface area contributed by atoms with Gasteiger partial charge in [-0.2, -0.15) is 0 Å². The van der Waals surface area contributed by atoms with E-state index in [0.717, 1.165) is 16.7 Å². The first kappa shape index (κ1) is 14.3. The van der Waals surface area contributed by atoms with Gasteiger partial charge in [-0.15, -0.1) is 0 Å². The SMILES string of the molecule is COc1ccc2cc(CNCC(=O)N(C)C)ccc2c1. The largest absolute Gasteiger partial charge is 0.497 e. The lowest BCUT2D eigenvalue weighted by molar-refractivity contribution is -0.127. The highest BCUT2D eigenvalue weighted by atomic mass is 16.5. The predicted octanol–water partition coefficient (Wildman–Crippen LogP) is 2.03. The fourth-order valence-corrected chi connectivity index (χ4v) is 1.98. The molecule has 0 aliphatic carbocycles. The summed E-state index contributed by atoms with van der Waals surface area (Å²) in [7, 11) is 5.18. The summed E-state index contributed by atoms with van der Waals surface area (Å²) in [5.41, 5.74) is 1.16. The highest BCUT2D eigenvalue weighted by Crippen LogP contribution is 2.21. The number of ether oxygens (including phenoxy) is 1. The van der Waals surface area contributed by atoms with Gasteiger partial charge in [-0.1, -0.05) is 18.2 Å². The van der Waals surface area contributed by atoms with Crippen LogP contribution in [0.4, 0.5) is 0 Å². The number of fused-ring (bicyclic) bond motifs is 1. The van der Waals surface area contributed by atoms with Crippen LogP contribution in [0.3, 0.4) is 0 Å². The fourth-order valence-electron chi connectivity index (χ4n) is 1.98. The molecule has 0 bridgehead atoms. The first-order valence-electron chi connectivity index (χ1n) is 6.57. The van der Waals surface area contributed by atoms with Crippen molar-refractivity contribution >= 4 is 16.7 Å². The lowest BCUT2D eigenvalue weighted by Gasteiger charge is -2.11. The van der Waals surface area contributed by atoms with Crippen LogP contribution in [0.2, 0.25) is 0 Å². The van der Waals surface area contributed by atoms with E-state index < -0.39 is 0 Å². The van der Waals surface area contributed by atoms with Crippen LogP contribution < -0.4 is 10.1 Å². The number of nitrogens with one attached hydrogen (secondary N) is 1. The summed E-state index contributed by atoms with van der Waals surface area (Å²) in [4.78, 5) is 13.0. The average molecular weight is 272 g/mol. The molecule has 0 spiro atoms. The number of amides is 1. The van der Waals surface area contributed by atoms with Crippen molar-refractivity contribution in [1.29, 1.82) is 0 Å². The second kappa shape index (κ2) is 6.39.